The fourth-order valence-corrected chi connectivity index (χ4v) is 1.71. The van der Waals surface area contributed by atoms with Gasteiger partial charge < -0.3 is 10.1 Å². The quantitative estimate of drug-likeness (QED) is 0.834. The van der Waals surface area contributed by atoms with E-state index in [4.69, 9.17) is 16.3 Å². The van der Waals surface area contributed by atoms with Gasteiger partial charge in [0.05, 0.1) is 18.5 Å². The molecule has 0 saturated heterocycles. The molecule has 1 heterocycles. The van der Waals surface area contributed by atoms with Crippen LogP contribution in [0.1, 0.15) is 12.5 Å². The number of halogens is 1. The Hall–Kier alpha value is -1.74. The van der Waals surface area contributed by atoms with Gasteiger partial charge in [0.1, 0.15) is 10.9 Å². The highest BCUT2D eigenvalue weighted by molar-refractivity contribution is 6.29. The third-order valence-corrected chi connectivity index (χ3v) is 2.66. The Morgan fingerprint density at radius 1 is 1.28 bits per heavy atom. The van der Waals surface area contributed by atoms with E-state index in [0.717, 1.165) is 23.5 Å². The second kappa shape index (κ2) is 6.26. The third-order valence-electron chi connectivity index (χ3n) is 2.43. The van der Waals surface area contributed by atoms with Crippen LogP contribution in [-0.2, 0) is 6.54 Å². The van der Waals surface area contributed by atoms with Crippen LogP contribution in [-0.4, -0.2) is 11.6 Å². The van der Waals surface area contributed by atoms with Crippen molar-refractivity contribution in [2.75, 3.05) is 11.9 Å². The first-order chi connectivity index (χ1) is 8.78. The topological polar surface area (TPSA) is 34.1 Å². The molecular weight excluding hydrogens is 248 g/mol. The zero-order chi connectivity index (χ0) is 12.8. The van der Waals surface area contributed by atoms with E-state index in [-0.39, 0.29) is 0 Å². The van der Waals surface area contributed by atoms with Gasteiger partial charge >= 0.3 is 0 Å². The van der Waals surface area contributed by atoms with Crippen LogP contribution in [0.15, 0.2) is 42.6 Å². The van der Waals surface area contributed by atoms with Crippen LogP contribution in [0.3, 0.4) is 0 Å². The summed E-state index contributed by atoms with van der Waals surface area (Å²) in [5.74, 6) is 0.894. The van der Waals surface area contributed by atoms with Crippen LogP contribution in [0.25, 0.3) is 0 Å². The van der Waals surface area contributed by atoms with Gasteiger partial charge in [0.15, 0.2) is 0 Å². The molecular formula is C14H15ClN2O. The van der Waals surface area contributed by atoms with E-state index in [1.165, 1.54) is 0 Å². The second-order valence-electron chi connectivity index (χ2n) is 3.80. The van der Waals surface area contributed by atoms with Crippen LogP contribution in [0.4, 0.5) is 5.69 Å². The average Bonchev–Trinajstić information content (AvgIpc) is 2.39. The highest BCUT2D eigenvalue weighted by atomic mass is 35.5. The van der Waals surface area contributed by atoms with E-state index < -0.39 is 0 Å². The number of hydrogen-bond donors (Lipinski definition) is 1. The van der Waals surface area contributed by atoms with Crippen molar-refractivity contribution in [3.63, 3.8) is 0 Å². The third kappa shape index (κ3) is 3.64. The summed E-state index contributed by atoms with van der Waals surface area (Å²) in [6.07, 6.45) is 1.72. The number of benzene rings is 1. The highest BCUT2D eigenvalue weighted by Crippen LogP contribution is 2.15. The van der Waals surface area contributed by atoms with E-state index >= 15 is 0 Å². The predicted octanol–water partition coefficient (Wildman–Crippen LogP) is 3.75. The van der Waals surface area contributed by atoms with E-state index in [0.29, 0.717) is 11.8 Å². The molecule has 0 atom stereocenters. The van der Waals surface area contributed by atoms with Crippen molar-refractivity contribution in [3.05, 3.63) is 53.3 Å². The molecule has 3 nitrogen and oxygen atoms in total. The molecule has 0 radical (unpaired) electrons. The van der Waals surface area contributed by atoms with Crippen molar-refractivity contribution >= 4 is 17.3 Å². The number of nitrogens with zero attached hydrogens (tertiary/aromatic N) is 1. The molecule has 1 aromatic heterocycles. The summed E-state index contributed by atoms with van der Waals surface area (Å²) in [5, 5.41) is 3.78. The molecule has 0 bridgehead atoms. The summed E-state index contributed by atoms with van der Waals surface area (Å²) in [7, 11) is 0. The van der Waals surface area contributed by atoms with Crippen molar-refractivity contribution in [2.24, 2.45) is 0 Å². The lowest BCUT2D eigenvalue weighted by molar-refractivity contribution is 0.340. The van der Waals surface area contributed by atoms with Gasteiger partial charge in [-0.1, -0.05) is 23.7 Å². The number of nitrogens with one attached hydrogen (secondary N) is 1. The molecule has 1 aromatic carbocycles. The SMILES string of the molecule is CCOc1cccc(CNc2ccc(Cl)nc2)c1. The first-order valence-electron chi connectivity index (χ1n) is 5.85. The maximum atomic E-state index is 5.73. The Bertz CT molecular complexity index is 499. The van der Waals surface area contributed by atoms with Crippen LogP contribution >= 0.6 is 11.6 Å². The largest absolute Gasteiger partial charge is 0.494 e. The van der Waals surface area contributed by atoms with Crippen molar-refractivity contribution in [2.45, 2.75) is 13.5 Å². The normalized spacial score (nSPS) is 10.1. The maximum absolute atomic E-state index is 5.73. The molecule has 2 rings (SSSR count). The first kappa shape index (κ1) is 12.7. The molecule has 0 aliphatic rings. The monoisotopic (exact) mass is 262 g/mol. The maximum Gasteiger partial charge on any atom is 0.129 e. The molecule has 0 aliphatic heterocycles. The van der Waals surface area contributed by atoms with Crippen LogP contribution < -0.4 is 10.1 Å². The minimum atomic E-state index is 0.499. The molecule has 0 aliphatic carbocycles. The summed E-state index contributed by atoms with van der Waals surface area (Å²) in [6, 6.07) is 11.7. The first-order valence-corrected chi connectivity index (χ1v) is 6.23. The Labute approximate surface area is 112 Å². The molecule has 0 saturated carbocycles. The molecule has 1 N–H and O–H groups in total. The number of anilines is 1. The standard InChI is InChI=1S/C14H15ClN2O/c1-2-18-13-5-3-4-11(8-13)9-16-12-6-7-14(15)17-10-12/h3-8,10,16H,2,9H2,1H3. The summed E-state index contributed by atoms with van der Waals surface area (Å²) in [4.78, 5) is 4.02. The van der Waals surface area contributed by atoms with Crippen molar-refractivity contribution < 1.29 is 4.74 Å². The van der Waals surface area contributed by atoms with Crippen LogP contribution in [0, 0.1) is 0 Å². The van der Waals surface area contributed by atoms with Gasteiger partial charge in [-0.3, -0.25) is 0 Å². The highest BCUT2D eigenvalue weighted by Gasteiger charge is 1.97. The number of pyridine rings is 1. The van der Waals surface area contributed by atoms with Crippen LogP contribution in [0.2, 0.25) is 5.15 Å². The molecule has 4 heteroatoms. The molecule has 2 aromatic rings. The summed E-state index contributed by atoms with van der Waals surface area (Å²) < 4.78 is 5.46. The summed E-state index contributed by atoms with van der Waals surface area (Å²) in [6.45, 7) is 3.38. The fourth-order valence-electron chi connectivity index (χ4n) is 1.60. The number of ether oxygens (including phenoxy) is 1. The summed E-state index contributed by atoms with van der Waals surface area (Å²) in [5.41, 5.74) is 2.11. The van der Waals surface area contributed by atoms with Crippen molar-refractivity contribution in [1.82, 2.24) is 4.98 Å². The second-order valence-corrected chi connectivity index (χ2v) is 4.19. The van der Waals surface area contributed by atoms with Gasteiger partial charge in [0.25, 0.3) is 0 Å². The Kier molecular flexibility index (Phi) is 4.42. The molecule has 0 fully saturated rings. The van der Waals surface area contributed by atoms with Gasteiger partial charge in [-0.25, -0.2) is 4.98 Å². The Morgan fingerprint density at radius 3 is 2.89 bits per heavy atom. The lowest BCUT2D eigenvalue weighted by atomic mass is 10.2. The predicted molar refractivity (Wildman–Crippen MR) is 74.2 cm³/mol. The molecule has 0 spiro atoms. The smallest absolute Gasteiger partial charge is 0.129 e. The van der Waals surface area contributed by atoms with Gasteiger partial charge in [0.2, 0.25) is 0 Å². The molecule has 94 valence electrons. The van der Waals surface area contributed by atoms with E-state index in [1.54, 1.807) is 12.3 Å². The lowest BCUT2D eigenvalue weighted by Crippen LogP contribution is -2.00. The lowest BCUT2D eigenvalue weighted by Gasteiger charge is -2.08. The number of hydrogen-bond acceptors (Lipinski definition) is 3. The number of aromatic nitrogens is 1. The fraction of sp³-hybridized carbons (Fsp3) is 0.214. The van der Waals surface area contributed by atoms with E-state index in [1.807, 2.05) is 31.2 Å². The zero-order valence-corrected chi connectivity index (χ0v) is 10.9. The Balaban J connectivity index is 1.97. The van der Waals surface area contributed by atoms with E-state index in [2.05, 4.69) is 16.4 Å². The minimum absolute atomic E-state index is 0.499. The van der Waals surface area contributed by atoms with Crippen LogP contribution in [0.5, 0.6) is 5.75 Å². The molecule has 0 amide bonds. The summed E-state index contributed by atoms with van der Waals surface area (Å²) >= 11 is 5.73. The Morgan fingerprint density at radius 2 is 2.17 bits per heavy atom. The minimum Gasteiger partial charge on any atom is -0.494 e. The van der Waals surface area contributed by atoms with E-state index in [9.17, 15) is 0 Å². The molecule has 18 heavy (non-hydrogen) atoms. The van der Waals surface area contributed by atoms with Gasteiger partial charge in [-0.05, 0) is 36.8 Å². The average molecular weight is 263 g/mol. The zero-order valence-electron chi connectivity index (χ0n) is 10.2. The van der Waals surface area contributed by atoms with Crippen molar-refractivity contribution in [3.8, 4) is 5.75 Å². The number of rotatable bonds is 5. The van der Waals surface area contributed by atoms with Gasteiger partial charge in [-0.2, -0.15) is 0 Å². The van der Waals surface area contributed by atoms with Gasteiger partial charge in [-0.15, -0.1) is 0 Å². The van der Waals surface area contributed by atoms with Gasteiger partial charge in [0, 0.05) is 6.54 Å². The van der Waals surface area contributed by atoms with Crippen molar-refractivity contribution in [1.29, 1.82) is 0 Å². The molecule has 0 unspecified atom stereocenters.